The van der Waals surface area contributed by atoms with Crippen molar-refractivity contribution >= 4 is 23.7 Å². The fourth-order valence-corrected chi connectivity index (χ4v) is 5.77. The molecule has 0 bridgehead atoms. The first-order valence-corrected chi connectivity index (χ1v) is 18.2. The Labute approximate surface area is 318 Å². The van der Waals surface area contributed by atoms with Crippen LogP contribution in [0.5, 0.6) is 34.5 Å². The van der Waals surface area contributed by atoms with Crippen molar-refractivity contribution in [3.05, 3.63) is 131 Å². The molecular weight excluding hydrogens is 679 g/mol. The highest BCUT2D eigenvalue weighted by molar-refractivity contribution is 5.89. The number of aryl methyl sites for hydroxylation is 3. The number of carbonyl (C=O) groups is 2. The van der Waals surface area contributed by atoms with Crippen LogP contribution in [0.25, 0.3) is 17.2 Å². The number of methoxy groups -OCH3 is 1. The van der Waals surface area contributed by atoms with Crippen LogP contribution in [0.4, 0.5) is 5.69 Å². The lowest BCUT2D eigenvalue weighted by molar-refractivity contribution is -0.144. The van der Waals surface area contributed by atoms with E-state index in [1.165, 1.54) is 18.7 Å². The molecule has 0 fully saturated rings. The van der Waals surface area contributed by atoms with Crippen LogP contribution in [0.2, 0.25) is 0 Å². The van der Waals surface area contributed by atoms with Crippen LogP contribution in [-0.2, 0) is 16.0 Å². The average Bonchev–Trinajstić information content (AvgIpc) is 3.16. The first kappa shape index (κ1) is 39.2. The Morgan fingerprint density at radius 2 is 1.35 bits per heavy atom. The van der Waals surface area contributed by atoms with Crippen LogP contribution < -0.4 is 29.4 Å². The molecular formula is C46H49NO7. The van der Waals surface area contributed by atoms with Crippen LogP contribution in [0.3, 0.4) is 0 Å². The number of anilines is 1. The minimum atomic E-state index is -0.764. The van der Waals surface area contributed by atoms with E-state index in [4.69, 9.17) is 29.4 Å². The zero-order chi connectivity index (χ0) is 38.7. The molecule has 8 nitrogen and oxygen atoms in total. The van der Waals surface area contributed by atoms with Crippen LogP contribution in [-0.4, -0.2) is 25.7 Å². The van der Waals surface area contributed by atoms with Gasteiger partial charge in [-0.05, 0) is 147 Å². The molecule has 0 aliphatic rings. The summed E-state index contributed by atoms with van der Waals surface area (Å²) in [6.07, 6.45) is 6.35. The standard InChI is InChI=1S/C46H49NO7/c1-7-9-33-10-14-35(15-11-33)36-16-18-37(19-17-36)52-38-20-22-39(23-21-38)53-44(48)25-13-34-12-24-41(43(30-34)50-6)54-45(49)46(4,5)26-8-27-51-42-29-31(2)40(47)28-32(42)3/h10-25,28-30H,7-9,26-27,47H2,1-6H3. The van der Waals surface area contributed by atoms with E-state index in [2.05, 4.69) is 31.2 Å². The van der Waals surface area contributed by atoms with Crippen molar-refractivity contribution in [2.75, 3.05) is 19.5 Å². The lowest BCUT2D eigenvalue weighted by Gasteiger charge is -2.23. The quantitative estimate of drug-likeness (QED) is 0.0352. The van der Waals surface area contributed by atoms with Crippen molar-refractivity contribution < 1.29 is 33.3 Å². The Kier molecular flexibility index (Phi) is 13.2. The Hall–Kier alpha value is -6.02. The second kappa shape index (κ2) is 18.1. The lowest BCUT2D eigenvalue weighted by atomic mass is 9.88. The van der Waals surface area contributed by atoms with Crippen LogP contribution in [0.15, 0.2) is 109 Å². The second-order valence-corrected chi connectivity index (χ2v) is 13.9. The second-order valence-electron chi connectivity index (χ2n) is 13.9. The maximum atomic E-state index is 13.2. The van der Waals surface area contributed by atoms with E-state index in [1.54, 1.807) is 48.5 Å². The van der Waals surface area contributed by atoms with E-state index >= 15 is 0 Å². The third-order valence-electron chi connectivity index (χ3n) is 9.08. The van der Waals surface area contributed by atoms with Gasteiger partial charge in [0.25, 0.3) is 0 Å². The van der Waals surface area contributed by atoms with Gasteiger partial charge in [-0.1, -0.05) is 55.8 Å². The minimum Gasteiger partial charge on any atom is -0.493 e. The number of esters is 2. The summed E-state index contributed by atoms with van der Waals surface area (Å²) in [6.45, 7) is 10.2. The number of benzene rings is 5. The highest BCUT2D eigenvalue weighted by atomic mass is 16.6. The molecule has 0 spiro atoms. The molecule has 280 valence electrons. The maximum Gasteiger partial charge on any atom is 0.336 e. The van der Waals surface area contributed by atoms with Crippen molar-refractivity contribution in [2.45, 2.75) is 60.3 Å². The van der Waals surface area contributed by atoms with E-state index in [-0.39, 0.29) is 11.7 Å². The van der Waals surface area contributed by atoms with Crippen molar-refractivity contribution in [3.63, 3.8) is 0 Å². The molecule has 0 saturated heterocycles. The molecule has 0 amide bonds. The number of nitrogen functional groups attached to an aromatic ring is 1. The normalized spacial score (nSPS) is 11.3. The van der Waals surface area contributed by atoms with Crippen molar-refractivity contribution in [1.29, 1.82) is 0 Å². The number of carbonyl (C=O) groups excluding carboxylic acids is 2. The summed E-state index contributed by atoms with van der Waals surface area (Å²) in [5.74, 6) is 2.20. The third-order valence-corrected chi connectivity index (χ3v) is 9.08. The van der Waals surface area contributed by atoms with Gasteiger partial charge in [-0.2, -0.15) is 0 Å². The summed E-state index contributed by atoms with van der Waals surface area (Å²) in [5.41, 5.74) is 12.2. The Morgan fingerprint density at radius 1 is 0.722 bits per heavy atom. The Balaban J connectivity index is 1.09. The highest BCUT2D eigenvalue weighted by Crippen LogP contribution is 2.33. The third kappa shape index (κ3) is 10.8. The topological polar surface area (TPSA) is 106 Å². The molecule has 0 unspecified atom stereocenters. The molecule has 8 heteroatoms. The smallest absolute Gasteiger partial charge is 0.336 e. The largest absolute Gasteiger partial charge is 0.493 e. The average molecular weight is 728 g/mol. The molecule has 0 aromatic heterocycles. The Bertz CT molecular complexity index is 2070. The van der Waals surface area contributed by atoms with E-state index in [1.807, 2.05) is 64.1 Å². The molecule has 0 atom stereocenters. The molecule has 5 rings (SSSR count). The van der Waals surface area contributed by atoms with Crippen LogP contribution in [0.1, 0.15) is 62.3 Å². The van der Waals surface area contributed by atoms with Gasteiger partial charge in [0.05, 0.1) is 19.1 Å². The SMILES string of the molecule is CCCc1ccc(-c2ccc(Oc3ccc(OC(=O)C=Cc4ccc(OC(=O)C(C)(C)CCCOc5cc(C)c(N)cc5C)c(OC)c4)cc3)cc2)cc1. The minimum absolute atomic E-state index is 0.287. The molecule has 0 radical (unpaired) electrons. The zero-order valence-corrected chi connectivity index (χ0v) is 31.9. The van der Waals surface area contributed by atoms with Gasteiger partial charge in [0.2, 0.25) is 0 Å². The van der Waals surface area contributed by atoms with Gasteiger partial charge in [0, 0.05) is 11.8 Å². The molecule has 5 aromatic carbocycles. The van der Waals surface area contributed by atoms with Gasteiger partial charge in [0.15, 0.2) is 11.5 Å². The van der Waals surface area contributed by atoms with E-state index in [0.717, 1.165) is 46.5 Å². The van der Waals surface area contributed by atoms with E-state index < -0.39 is 11.4 Å². The zero-order valence-electron chi connectivity index (χ0n) is 31.9. The molecule has 2 N–H and O–H groups in total. The number of nitrogens with two attached hydrogens (primary N) is 1. The van der Waals surface area contributed by atoms with E-state index in [9.17, 15) is 9.59 Å². The number of rotatable bonds is 16. The molecule has 0 aliphatic carbocycles. The van der Waals surface area contributed by atoms with Gasteiger partial charge in [-0.25, -0.2) is 4.79 Å². The predicted molar refractivity (Wildman–Crippen MR) is 215 cm³/mol. The van der Waals surface area contributed by atoms with Gasteiger partial charge >= 0.3 is 11.9 Å². The molecule has 0 aliphatic heterocycles. The fourth-order valence-electron chi connectivity index (χ4n) is 5.77. The lowest BCUT2D eigenvalue weighted by Crippen LogP contribution is -2.29. The van der Waals surface area contributed by atoms with Crippen LogP contribution in [0, 0.1) is 19.3 Å². The molecule has 0 heterocycles. The summed E-state index contributed by atoms with van der Waals surface area (Å²) in [4.78, 5) is 25.8. The molecule has 54 heavy (non-hydrogen) atoms. The van der Waals surface area contributed by atoms with Crippen molar-refractivity contribution in [2.24, 2.45) is 5.41 Å². The highest BCUT2D eigenvalue weighted by Gasteiger charge is 2.30. The van der Waals surface area contributed by atoms with Crippen molar-refractivity contribution in [3.8, 4) is 45.6 Å². The van der Waals surface area contributed by atoms with Crippen molar-refractivity contribution in [1.82, 2.24) is 0 Å². The number of hydrogen-bond acceptors (Lipinski definition) is 8. The predicted octanol–water partition coefficient (Wildman–Crippen LogP) is 10.7. The summed E-state index contributed by atoms with van der Waals surface area (Å²) >= 11 is 0. The maximum absolute atomic E-state index is 13.2. The number of hydrogen-bond donors (Lipinski definition) is 1. The summed E-state index contributed by atoms with van der Waals surface area (Å²) in [7, 11) is 1.49. The monoisotopic (exact) mass is 727 g/mol. The van der Waals surface area contributed by atoms with Crippen LogP contribution >= 0.6 is 0 Å². The first-order chi connectivity index (χ1) is 25.9. The summed E-state index contributed by atoms with van der Waals surface area (Å²) in [6, 6.07) is 32.3. The van der Waals surface area contributed by atoms with Gasteiger partial charge in [-0.3, -0.25) is 4.79 Å². The molecule has 0 saturated carbocycles. The summed E-state index contributed by atoms with van der Waals surface area (Å²) < 4.78 is 28.7. The summed E-state index contributed by atoms with van der Waals surface area (Å²) in [5, 5.41) is 0. The fraction of sp³-hybridized carbons (Fsp3) is 0.261. The van der Waals surface area contributed by atoms with Gasteiger partial charge in [-0.15, -0.1) is 0 Å². The van der Waals surface area contributed by atoms with Gasteiger partial charge < -0.3 is 29.4 Å². The van der Waals surface area contributed by atoms with Gasteiger partial charge in [0.1, 0.15) is 23.0 Å². The molecule has 5 aromatic rings. The number of ether oxygens (including phenoxy) is 5. The van der Waals surface area contributed by atoms with E-state index in [0.29, 0.717) is 48.0 Å². The first-order valence-electron chi connectivity index (χ1n) is 18.2. The Morgan fingerprint density at radius 3 is 2.00 bits per heavy atom.